The van der Waals surface area contributed by atoms with Crippen molar-refractivity contribution in [1.82, 2.24) is 0 Å². The molecule has 3 N–H and O–H groups in total. The van der Waals surface area contributed by atoms with E-state index in [4.69, 9.17) is 17.7 Å². The van der Waals surface area contributed by atoms with E-state index in [1.807, 2.05) is 0 Å². The molecular formula is C7H13BO4. The minimum atomic E-state index is -1.74. The van der Waals surface area contributed by atoms with Crippen LogP contribution in [0.1, 0.15) is 13.3 Å². The van der Waals surface area contributed by atoms with Gasteiger partial charge in [-0.25, -0.2) is 0 Å². The average molecular weight is 172 g/mol. The number of hydrogen-bond donors (Lipinski definition) is 3. The topological polar surface area (TPSA) is 69.9 Å². The number of ether oxygens (including phenoxy) is 1. The van der Waals surface area contributed by atoms with Crippen LogP contribution in [0.4, 0.5) is 0 Å². The summed E-state index contributed by atoms with van der Waals surface area (Å²) in [6.45, 7) is 1.26. The molecule has 0 saturated carbocycles. The van der Waals surface area contributed by atoms with E-state index in [1.165, 1.54) is 0 Å². The van der Waals surface area contributed by atoms with Crippen molar-refractivity contribution in [2.24, 2.45) is 0 Å². The van der Waals surface area contributed by atoms with Gasteiger partial charge >= 0.3 is 0 Å². The Hall–Kier alpha value is -0.0951. The zero-order valence-corrected chi connectivity index (χ0v) is 7.03. The maximum Gasteiger partial charge on any atom is 0.120 e. The van der Waals surface area contributed by atoms with E-state index in [1.54, 1.807) is 6.92 Å². The maximum atomic E-state index is 9.51. The summed E-state index contributed by atoms with van der Waals surface area (Å²) in [6, 6.07) is 0. The lowest BCUT2D eigenvalue weighted by molar-refractivity contribution is -0.0991. The predicted molar refractivity (Wildman–Crippen MR) is 42.8 cm³/mol. The molecule has 68 valence electrons. The molecule has 1 heterocycles. The molecule has 4 nitrogen and oxygen atoms in total. The highest BCUT2D eigenvalue weighted by Gasteiger charge is 2.53. The molecule has 2 radical (unpaired) electrons. The van der Waals surface area contributed by atoms with Crippen molar-refractivity contribution in [1.29, 1.82) is 0 Å². The molecule has 1 aliphatic rings. The third-order valence-electron chi connectivity index (χ3n) is 2.43. The smallest absolute Gasteiger partial charge is 0.120 e. The molecule has 3 atom stereocenters. The van der Waals surface area contributed by atoms with Gasteiger partial charge in [0, 0.05) is 0 Å². The van der Waals surface area contributed by atoms with E-state index in [-0.39, 0.29) is 13.2 Å². The first kappa shape index (κ1) is 9.99. The first-order valence-corrected chi connectivity index (χ1v) is 3.92. The van der Waals surface area contributed by atoms with Gasteiger partial charge in [-0.05, 0) is 6.42 Å². The first-order valence-electron chi connectivity index (χ1n) is 3.92. The van der Waals surface area contributed by atoms with E-state index in [2.05, 4.69) is 0 Å². The summed E-state index contributed by atoms with van der Waals surface area (Å²) in [6.07, 6.45) is -0.829. The lowest BCUT2D eigenvalue weighted by Gasteiger charge is -2.31. The molecule has 1 saturated heterocycles. The maximum absolute atomic E-state index is 9.51. The lowest BCUT2D eigenvalue weighted by atomic mass is 9.73. The van der Waals surface area contributed by atoms with Gasteiger partial charge in [0.25, 0.3) is 0 Å². The van der Waals surface area contributed by atoms with Crippen LogP contribution < -0.4 is 0 Å². The average Bonchev–Trinajstić information content (AvgIpc) is 2.27. The summed E-state index contributed by atoms with van der Waals surface area (Å²) in [4.78, 5) is 0. The zero-order valence-electron chi connectivity index (χ0n) is 7.03. The highest BCUT2D eigenvalue weighted by atomic mass is 16.6. The van der Waals surface area contributed by atoms with E-state index >= 15 is 0 Å². The molecule has 1 rings (SSSR count). The molecule has 1 aliphatic heterocycles. The van der Waals surface area contributed by atoms with Crippen LogP contribution in [0.5, 0.6) is 0 Å². The fourth-order valence-electron chi connectivity index (χ4n) is 1.41. The van der Waals surface area contributed by atoms with Crippen LogP contribution in [0.3, 0.4) is 0 Å². The highest BCUT2D eigenvalue weighted by molar-refractivity contribution is 6.15. The summed E-state index contributed by atoms with van der Waals surface area (Å²) in [5.74, 6) is 0. The third kappa shape index (κ3) is 1.27. The Bertz CT molecular complexity index is 167. The van der Waals surface area contributed by atoms with Crippen molar-refractivity contribution in [3.8, 4) is 0 Å². The Labute approximate surface area is 72.6 Å². The van der Waals surface area contributed by atoms with Crippen LogP contribution in [-0.2, 0) is 4.74 Å². The number of aliphatic hydroxyl groups excluding tert-OH is 2. The second kappa shape index (κ2) is 2.99. The Kier molecular flexibility index (Phi) is 2.49. The Balaban J connectivity index is 2.83. The fraction of sp³-hybridized carbons (Fsp3) is 1.00. The highest BCUT2D eigenvalue weighted by Crippen LogP contribution is 2.33. The van der Waals surface area contributed by atoms with Gasteiger partial charge in [0.05, 0.1) is 18.7 Å². The van der Waals surface area contributed by atoms with Crippen LogP contribution in [0.15, 0.2) is 0 Å². The van der Waals surface area contributed by atoms with Gasteiger partial charge in [0.2, 0.25) is 0 Å². The van der Waals surface area contributed by atoms with Crippen molar-refractivity contribution < 1.29 is 20.1 Å². The third-order valence-corrected chi connectivity index (χ3v) is 2.43. The van der Waals surface area contributed by atoms with Gasteiger partial charge in [0.15, 0.2) is 0 Å². The van der Waals surface area contributed by atoms with E-state index in [9.17, 15) is 10.2 Å². The molecule has 0 bridgehead atoms. The quantitative estimate of drug-likeness (QED) is 0.437. The minimum absolute atomic E-state index is 0.150. The molecule has 1 fully saturated rings. The van der Waals surface area contributed by atoms with Gasteiger partial charge < -0.3 is 20.1 Å². The fourth-order valence-corrected chi connectivity index (χ4v) is 1.41. The first-order chi connectivity index (χ1) is 5.48. The number of rotatable bonds is 2. The Morgan fingerprint density at radius 1 is 1.67 bits per heavy atom. The van der Waals surface area contributed by atoms with Crippen molar-refractivity contribution in [2.75, 3.05) is 13.2 Å². The van der Waals surface area contributed by atoms with Crippen LogP contribution in [0.2, 0.25) is 0 Å². The summed E-state index contributed by atoms with van der Waals surface area (Å²) in [5, 5.41) is 27.8. The van der Waals surface area contributed by atoms with E-state index < -0.39 is 17.2 Å². The predicted octanol–water partition coefficient (Wildman–Crippen LogP) is -1.62. The summed E-state index contributed by atoms with van der Waals surface area (Å²) >= 11 is 0. The lowest BCUT2D eigenvalue weighted by Crippen LogP contribution is -2.52. The number of aliphatic hydroxyl groups is 3. The summed E-state index contributed by atoms with van der Waals surface area (Å²) in [5.41, 5.74) is -2.83. The van der Waals surface area contributed by atoms with Crippen LogP contribution in [0.25, 0.3) is 0 Å². The van der Waals surface area contributed by atoms with E-state index in [0.717, 1.165) is 0 Å². The monoisotopic (exact) mass is 172 g/mol. The molecule has 0 spiro atoms. The largest absolute Gasteiger partial charge is 0.395 e. The van der Waals surface area contributed by atoms with Crippen molar-refractivity contribution >= 4 is 7.85 Å². The molecule has 0 aromatic heterocycles. The summed E-state index contributed by atoms with van der Waals surface area (Å²) in [7, 11) is 5.32. The standard InChI is InChI=1S/C7H13BO4/c1-2-6(3-9)5(10)7(8,11)4-12-6/h5,9-11H,2-4H2,1H3/t5-,6-,7+/m1/s1. The molecule has 0 aliphatic carbocycles. The van der Waals surface area contributed by atoms with Crippen LogP contribution in [0, 0.1) is 0 Å². The van der Waals surface area contributed by atoms with Gasteiger partial charge in [0.1, 0.15) is 19.6 Å². The molecular weight excluding hydrogens is 159 g/mol. The van der Waals surface area contributed by atoms with Crippen LogP contribution >= 0.6 is 0 Å². The number of hydrogen-bond acceptors (Lipinski definition) is 4. The van der Waals surface area contributed by atoms with Crippen molar-refractivity contribution in [3.05, 3.63) is 0 Å². The van der Waals surface area contributed by atoms with Crippen LogP contribution in [-0.4, -0.2) is 53.6 Å². The molecule has 0 aromatic carbocycles. The molecule has 0 amide bonds. The van der Waals surface area contributed by atoms with Gasteiger partial charge in [-0.2, -0.15) is 0 Å². The molecule has 0 unspecified atom stereocenters. The molecule has 0 aromatic rings. The SMILES string of the molecule is [B][C@]1(O)CO[C@](CC)(CO)[C@H]1O. The Morgan fingerprint density at radius 3 is 2.42 bits per heavy atom. The normalized spacial score (nSPS) is 48.2. The minimum Gasteiger partial charge on any atom is -0.395 e. The van der Waals surface area contributed by atoms with E-state index in [0.29, 0.717) is 6.42 Å². The Morgan fingerprint density at radius 2 is 2.25 bits per heavy atom. The van der Waals surface area contributed by atoms with Crippen molar-refractivity contribution in [3.63, 3.8) is 0 Å². The van der Waals surface area contributed by atoms with Gasteiger partial charge in [-0.3, -0.25) is 0 Å². The molecule has 12 heavy (non-hydrogen) atoms. The van der Waals surface area contributed by atoms with Gasteiger partial charge in [-0.15, -0.1) is 0 Å². The second-order valence-corrected chi connectivity index (χ2v) is 3.26. The second-order valence-electron chi connectivity index (χ2n) is 3.26. The van der Waals surface area contributed by atoms with Crippen molar-refractivity contribution in [2.45, 2.75) is 30.5 Å². The molecule has 5 heteroatoms. The summed E-state index contributed by atoms with van der Waals surface area (Å²) < 4.78 is 5.09. The van der Waals surface area contributed by atoms with Gasteiger partial charge in [-0.1, -0.05) is 6.92 Å². The zero-order chi connectivity index (χ0) is 9.41.